The van der Waals surface area contributed by atoms with Gasteiger partial charge in [-0.1, -0.05) is 67.6 Å². The maximum Gasteiger partial charge on any atom is 0.311 e. The lowest BCUT2D eigenvalue weighted by Gasteiger charge is -2.35. The molecule has 0 fully saturated rings. The van der Waals surface area contributed by atoms with Crippen LogP contribution in [-0.4, -0.2) is 22.2 Å². The number of carbonyl (C=O) groups is 2. The van der Waals surface area contributed by atoms with Crippen LogP contribution >= 0.6 is 0 Å². The molecule has 2 aromatic carbocycles. The summed E-state index contributed by atoms with van der Waals surface area (Å²) in [5.41, 5.74) is 0.261. The molecule has 0 saturated carbocycles. The van der Waals surface area contributed by atoms with Crippen molar-refractivity contribution in [3.63, 3.8) is 0 Å². The van der Waals surface area contributed by atoms with E-state index in [1.807, 2.05) is 6.07 Å². The van der Waals surface area contributed by atoms with Crippen molar-refractivity contribution in [3.8, 4) is 0 Å². The molecule has 0 aromatic heterocycles. The van der Waals surface area contributed by atoms with E-state index in [4.69, 9.17) is 0 Å². The van der Waals surface area contributed by atoms with Crippen molar-refractivity contribution in [2.45, 2.75) is 24.7 Å². The van der Waals surface area contributed by atoms with Crippen LogP contribution in [0.3, 0.4) is 0 Å². The molecule has 2 N–H and O–H groups in total. The Bertz CT molecular complexity index is 651. The minimum Gasteiger partial charge on any atom is -0.481 e. The molecule has 0 bridgehead atoms. The zero-order valence-corrected chi connectivity index (χ0v) is 12.3. The normalized spacial score (nSPS) is 14.8. The van der Waals surface area contributed by atoms with E-state index in [1.165, 1.54) is 0 Å². The summed E-state index contributed by atoms with van der Waals surface area (Å²) < 4.78 is 0. The molecule has 0 saturated heterocycles. The van der Waals surface area contributed by atoms with Crippen molar-refractivity contribution in [2.24, 2.45) is 0 Å². The van der Waals surface area contributed by atoms with Gasteiger partial charge in [-0.2, -0.15) is 0 Å². The zero-order chi connectivity index (χ0) is 16.2. The Hall–Kier alpha value is -2.62. The summed E-state index contributed by atoms with van der Waals surface area (Å²) in [7, 11) is 0. The highest BCUT2D eigenvalue weighted by molar-refractivity contribution is 5.81. The molecule has 114 valence electrons. The molecular formula is C18H18O4. The van der Waals surface area contributed by atoms with E-state index in [9.17, 15) is 19.8 Å². The topological polar surface area (TPSA) is 74.6 Å². The van der Waals surface area contributed by atoms with Gasteiger partial charge in [0.15, 0.2) is 0 Å². The molecule has 2 unspecified atom stereocenters. The van der Waals surface area contributed by atoms with Crippen molar-refractivity contribution >= 4 is 11.9 Å². The first-order chi connectivity index (χ1) is 10.4. The van der Waals surface area contributed by atoms with Crippen LogP contribution < -0.4 is 0 Å². The molecule has 0 heterocycles. The third-order valence-electron chi connectivity index (χ3n) is 3.97. The van der Waals surface area contributed by atoms with Gasteiger partial charge in [-0.25, -0.2) is 0 Å². The van der Waals surface area contributed by atoms with Gasteiger partial charge in [-0.15, -0.1) is 0 Å². The van der Waals surface area contributed by atoms with Gasteiger partial charge >= 0.3 is 11.9 Å². The zero-order valence-electron chi connectivity index (χ0n) is 12.3. The number of carboxylic acids is 2. The predicted molar refractivity (Wildman–Crippen MR) is 82.9 cm³/mol. The molecule has 2 rings (SSSR count). The molecule has 22 heavy (non-hydrogen) atoms. The van der Waals surface area contributed by atoms with Gasteiger partial charge in [0.25, 0.3) is 0 Å². The van der Waals surface area contributed by atoms with Gasteiger partial charge in [0, 0.05) is 5.41 Å². The van der Waals surface area contributed by atoms with Crippen LogP contribution in [0.4, 0.5) is 0 Å². The van der Waals surface area contributed by atoms with Crippen LogP contribution in [0.1, 0.15) is 30.4 Å². The molecule has 4 nitrogen and oxygen atoms in total. The van der Waals surface area contributed by atoms with Gasteiger partial charge in [-0.05, 0) is 11.1 Å². The van der Waals surface area contributed by atoms with Crippen LogP contribution in [0.5, 0.6) is 0 Å². The largest absolute Gasteiger partial charge is 0.481 e. The predicted octanol–water partition coefficient (Wildman–Crippen LogP) is 3.29. The first-order valence-electron chi connectivity index (χ1n) is 7.00. The Kier molecular flexibility index (Phi) is 4.61. The maximum atomic E-state index is 11.9. The molecule has 0 aliphatic carbocycles. The monoisotopic (exact) mass is 298 g/mol. The highest BCUT2D eigenvalue weighted by atomic mass is 16.4. The van der Waals surface area contributed by atoms with Crippen molar-refractivity contribution < 1.29 is 19.8 Å². The second kappa shape index (κ2) is 6.43. The third-order valence-corrected chi connectivity index (χ3v) is 3.97. The summed E-state index contributed by atoms with van der Waals surface area (Å²) in [6.45, 7) is 1.70. The van der Waals surface area contributed by atoms with Gasteiger partial charge < -0.3 is 10.2 Å². The average Bonchev–Trinajstić information content (AvgIpc) is 2.48. The summed E-state index contributed by atoms with van der Waals surface area (Å²) in [6.07, 6.45) is -0.261. The van der Waals surface area contributed by atoms with E-state index in [2.05, 4.69) is 0 Å². The van der Waals surface area contributed by atoms with Crippen LogP contribution in [0.25, 0.3) is 0 Å². The second-order valence-electron chi connectivity index (χ2n) is 5.54. The number of hydrogen-bond donors (Lipinski definition) is 2. The summed E-state index contributed by atoms with van der Waals surface area (Å²) in [6, 6.07) is 17.7. The number of carboxylic acid groups (broad SMARTS) is 2. The molecule has 0 radical (unpaired) electrons. The lowest BCUT2D eigenvalue weighted by atomic mass is 9.67. The van der Waals surface area contributed by atoms with Gasteiger partial charge in [0.1, 0.15) is 0 Å². The highest BCUT2D eigenvalue weighted by Crippen LogP contribution is 2.42. The van der Waals surface area contributed by atoms with Crippen molar-refractivity contribution in [1.82, 2.24) is 0 Å². The van der Waals surface area contributed by atoms with Crippen molar-refractivity contribution in [2.75, 3.05) is 0 Å². The van der Waals surface area contributed by atoms with Crippen molar-refractivity contribution in [3.05, 3.63) is 71.8 Å². The van der Waals surface area contributed by atoms with E-state index in [-0.39, 0.29) is 6.42 Å². The van der Waals surface area contributed by atoms with Gasteiger partial charge in [0.05, 0.1) is 12.3 Å². The maximum absolute atomic E-state index is 11.9. The van der Waals surface area contributed by atoms with Crippen molar-refractivity contribution in [1.29, 1.82) is 0 Å². The fourth-order valence-electron chi connectivity index (χ4n) is 2.93. The van der Waals surface area contributed by atoms with Crippen LogP contribution in [0, 0.1) is 0 Å². The van der Waals surface area contributed by atoms with Crippen LogP contribution in [0.2, 0.25) is 0 Å². The molecule has 4 heteroatoms. The summed E-state index contributed by atoms with van der Waals surface area (Å²) in [5, 5.41) is 19.0. The number of aliphatic carboxylic acids is 2. The second-order valence-corrected chi connectivity index (χ2v) is 5.54. The van der Waals surface area contributed by atoms with E-state index in [1.54, 1.807) is 61.5 Å². The van der Waals surface area contributed by atoms with Gasteiger partial charge in [-0.3, -0.25) is 9.59 Å². The fraction of sp³-hybridized carbons (Fsp3) is 0.222. The first-order valence-corrected chi connectivity index (χ1v) is 7.00. The quantitative estimate of drug-likeness (QED) is 0.858. The van der Waals surface area contributed by atoms with E-state index in [0.717, 1.165) is 0 Å². The summed E-state index contributed by atoms with van der Waals surface area (Å²) >= 11 is 0. The Morgan fingerprint density at radius 3 is 1.91 bits per heavy atom. The Balaban J connectivity index is 2.60. The van der Waals surface area contributed by atoms with Crippen LogP contribution in [0.15, 0.2) is 60.7 Å². The summed E-state index contributed by atoms with van der Waals surface area (Å²) in [5.74, 6) is -2.99. The van der Waals surface area contributed by atoms with E-state index >= 15 is 0 Å². The first kappa shape index (κ1) is 15.8. The molecule has 0 amide bonds. The minimum absolute atomic E-state index is 0.261. The molecular weight excluding hydrogens is 280 g/mol. The highest BCUT2D eigenvalue weighted by Gasteiger charge is 2.43. The number of rotatable bonds is 6. The Morgan fingerprint density at radius 1 is 0.955 bits per heavy atom. The Morgan fingerprint density at radius 2 is 1.45 bits per heavy atom. The lowest BCUT2D eigenvalue weighted by molar-refractivity contribution is -0.143. The molecule has 2 aromatic rings. The van der Waals surface area contributed by atoms with Crippen LogP contribution in [-0.2, 0) is 15.0 Å². The molecule has 0 spiro atoms. The lowest BCUT2D eigenvalue weighted by Crippen LogP contribution is -2.37. The number of hydrogen-bond acceptors (Lipinski definition) is 2. The minimum atomic E-state index is -1.04. The van der Waals surface area contributed by atoms with E-state index < -0.39 is 23.3 Å². The molecule has 0 aliphatic rings. The third kappa shape index (κ3) is 3.17. The average molecular weight is 298 g/mol. The smallest absolute Gasteiger partial charge is 0.311 e. The van der Waals surface area contributed by atoms with Gasteiger partial charge in [0.2, 0.25) is 0 Å². The van der Waals surface area contributed by atoms with E-state index in [0.29, 0.717) is 11.1 Å². The number of benzene rings is 2. The SMILES string of the molecule is CC(CC(=O)O)(c1ccccc1)C(C(=O)O)c1ccccc1. The Labute approximate surface area is 129 Å². The molecule has 0 aliphatic heterocycles. The fourth-order valence-corrected chi connectivity index (χ4v) is 2.93. The standard InChI is InChI=1S/C18H18O4/c1-18(12-15(19)20,14-10-6-3-7-11-14)16(17(21)22)13-8-4-2-5-9-13/h2-11,16H,12H2,1H3,(H,19,20)(H,21,22). The summed E-state index contributed by atoms with van der Waals surface area (Å²) in [4.78, 5) is 23.3. The molecule has 2 atom stereocenters.